The molecule has 1 heterocycles. The quantitative estimate of drug-likeness (QED) is 0.794. The lowest BCUT2D eigenvalue weighted by Gasteiger charge is -2.29. The molecule has 122 valence electrons. The molecule has 1 aromatic carbocycles. The number of aromatic nitrogens is 2. The predicted octanol–water partition coefficient (Wildman–Crippen LogP) is 2.49. The van der Waals surface area contributed by atoms with Gasteiger partial charge in [0.2, 0.25) is 5.91 Å². The Bertz CT molecular complexity index is 691. The van der Waals surface area contributed by atoms with Crippen molar-refractivity contribution in [3.63, 3.8) is 0 Å². The minimum absolute atomic E-state index is 0.185. The van der Waals surface area contributed by atoms with Gasteiger partial charge < -0.3 is 10.6 Å². The summed E-state index contributed by atoms with van der Waals surface area (Å²) in [5.41, 5.74) is 2.35. The fourth-order valence-electron chi connectivity index (χ4n) is 3.59. The van der Waals surface area contributed by atoms with Crippen LogP contribution in [0.1, 0.15) is 44.1 Å². The van der Waals surface area contributed by atoms with Gasteiger partial charge in [-0.3, -0.25) is 9.89 Å². The van der Waals surface area contributed by atoms with Gasteiger partial charge in [0.15, 0.2) is 0 Å². The zero-order chi connectivity index (χ0) is 15.6. The third-order valence-corrected chi connectivity index (χ3v) is 5.11. The van der Waals surface area contributed by atoms with Gasteiger partial charge in [0, 0.05) is 29.9 Å². The molecule has 4 rings (SSSR count). The summed E-state index contributed by atoms with van der Waals surface area (Å²) in [4.78, 5) is 12.3. The first-order chi connectivity index (χ1) is 11.3. The molecule has 2 aliphatic carbocycles. The first-order valence-corrected chi connectivity index (χ1v) is 8.74. The van der Waals surface area contributed by atoms with Crippen molar-refractivity contribution in [2.75, 3.05) is 0 Å². The van der Waals surface area contributed by atoms with Crippen molar-refractivity contribution < 1.29 is 4.79 Å². The molecular formula is C18H24N4O. The lowest BCUT2D eigenvalue weighted by Crippen LogP contribution is -2.40. The molecule has 1 aromatic heterocycles. The van der Waals surface area contributed by atoms with Crippen LogP contribution in [0.25, 0.3) is 10.9 Å². The van der Waals surface area contributed by atoms with Gasteiger partial charge in [0.05, 0.1) is 11.7 Å². The van der Waals surface area contributed by atoms with E-state index < -0.39 is 0 Å². The van der Waals surface area contributed by atoms with Crippen LogP contribution in [0.4, 0.5) is 0 Å². The van der Waals surface area contributed by atoms with E-state index in [9.17, 15) is 4.79 Å². The van der Waals surface area contributed by atoms with Crippen LogP contribution in [0.3, 0.4) is 0 Å². The van der Waals surface area contributed by atoms with Crippen LogP contribution >= 0.6 is 0 Å². The van der Waals surface area contributed by atoms with E-state index in [-0.39, 0.29) is 11.8 Å². The van der Waals surface area contributed by atoms with Gasteiger partial charge >= 0.3 is 0 Å². The summed E-state index contributed by atoms with van der Waals surface area (Å²) < 4.78 is 0. The van der Waals surface area contributed by atoms with Crippen molar-refractivity contribution in [3.8, 4) is 0 Å². The van der Waals surface area contributed by atoms with Gasteiger partial charge in [-0.25, -0.2) is 0 Å². The molecule has 23 heavy (non-hydrogen) atoms. The molecule has 1 amide bonds. The number of hydrogen-bond acceptors (Lipinski definition) is 3. The largest absolute Gasteiger partial charge is 0.353 e. The van der Waals surface area contributed by atoms with E-state index >= 15 is 0 Å². The van der Waals surface area contributed by atoms with E-state index in [4.69, 9.17) is 0 Å². The number of carbonyl (C=O) groups is 1. The minimum atomic E-state index is 0.185. The molecule has 2 fully saturated rings. The zero-order valence-corrected chi connectivity index (χ0v) is 13.3. The fraction of sp³-hybridized carbons (Fsp3) is 0.556. The maximum absolute atomic E-state index is 12.3. The van der Waals surface area contributed by atoms with Crippen LogP contribution in [-0.2, 0) is 11.3 Å². The monoisotopic (exact) mass is 312 g/mol. The van der Waals surface area contributed by atoms with Gasteiger partial charge in [-0.1, -0.05) is 24.6 Å². The average molecular weight is 312 g/mol. The normalized spacial score (nSPS) is 24.7. The fourth-order valence-corrected chi connectivity index (χ4v) is 3.59. The molecule has 0 saturated heterocycles. The number of nitrogens with one attached hydrogen (secondary N) is 3. The molecule has 2 aromatic rings. The third kappa shape index (κ3) is 3.39. The summed E-state index contributed by atoms with van der Waals surface area (Å²) >= 11 is 0. The van der Waals surface area contributed by atoms with E-state index in [1.54, 1.807) is 0 Å². The number of H-pyrrole nitrogens is 1. The maximum Gasteiger partial charge on any atom is 0.223 e. The summed E-state index contributed by atoms with van der Waals surface area (Å²) in [6, 6.07) is 7.17. The van der Waals surface area contributed by atoms with Crippen molar-refractivity contribution in [3.05, 3.63) is 30.0 Å². The lowest BCUT2D eigenvalue weighted by atomic mass is 9.85. The lowest BCUT2D eigenvalue weighted by molar-refractivity contribution is -0.126. The number of para-hydroxylation sites is 1. The van der Waals surface area contributed by atoms with Crippen molar-refractivity contribution in [2.24, 2.45) is 5.92 Å². The number of amides is 1. The Hall–Kier alpha value is -1.88. The van der Waals surface area contributed by atoms with Gasteiger partial charge in [-0.2, -0.15) is 5.10 Å². The van der Waals surface area contributed by atoms with E-state index in [0.717, 1.165) is 56.0 Å². The maximum atomic E-state index is 12.3. The molecule has 2 aliphatic rings. The molecule has 5 nitrogen and oxygen atoms in total. The second-order valence-electron chi connectivity index (χ2n) is 6.98. The Balaban J connectivity index is 1.35. The Morgan fingerprint density at radius 2 is 2.13 bits per heavy atom. The minimum Gasteiger partial charge on any atom is -0.353 e. The first-order valence-electron chi connectivity index (χ1n) is 8.74. The highest BCUT2D eigenvalue weighted by Crippen LogP contribution is 2.27. The average Bonchev–Trinajstić information content (AvgIpc) is 3.25. The second kappa shape index (κ2) is 6.32. The topological polar surface area (TPSA) is 69.8 Å². The van der Waals surface area contributed by atoms with Crippen LogP contribution in [0, 0.1) is 5.92 Å². The van der Waals surface area contributed by atoms with Crippen molar-refractivity contribution in [1.29, 1.82) is 0 Å². The van der Waals surface area contributed by atoms with Gasteiger partial charge in [-0.05, 0) is 37.7 Å². The van der Waals surface area contributed by atoms with Crippen LogP contribution < -0.4 is 10.6 Å². The smallest absolute Gasteiger partial charge is 0.223 e. The number of nitrogens with zero attached hydrogens (tertiary/aromatic N) is 1. The number of hydrogen-bond donors (Lipinski definition) is 3. The molecule has 5 heteroatoms. The molecule has 0 spiro atoms. The van der Waals surface area contributed by atoms with Crippen LogP contribution in [0.2, 0.25) is 0 Å². The van der Waals surface area contributed by atoms with Crippen molar-refractivity contribution in [1.82, 2.24) is 20.8 Å². The summed E-state index contributed by atoms with van der Waals surface area (Å²) in [7, 11) is 0. The first kappa shape index (κ1) is 14.7. The highest BCUT2D eigenvalue weighted by Gasteiger charge is 2.31. The van der Waals surface area contributed by atoms with Crippen molar-refractivity contribution in [2.45, 2.75) is 57.2 Å². The van der Waals surface area contributed by atoms with Gasteiger partial charge in [-0.15, -0.1) is 0 Å². The number of carbonyl (C=O) groups excluding carboxylic acids is 1. The molecule has 2 saturated carbocycles. The van der Waals surface area contributed by atoms with Crippen LogP contribution in [0.15, 0.2) is 24.4 Å². The Kier molecular flexibility index (Phi) is 4.04. The molecule has 0 radical (unpaired) electrons. The molecule has 0 aliphatic heterocycles. The van der Waals surface area contributed by atoms with Crippen LogP contribution in [-0.4, -0.2) is 28.2 Å². The number of fused-ring (bicyclic) bond motifs is 1. The number of aromatic amines is 1. The van der Waals surface area contributed by atoms with E-state index in [2.05, 4.69) is 39.0 Å². The van der Waals surface area contributed by atoms with Crippen molar-refractivity contribution >= 4 is 16.8 Å². The number of benzene rings is 1. The Labute approximate surface area is 136 Å². The molecule has 0 bridgehead atoms. The standard InChI is InChI=1S/C18H24N4O/c23-18(21-15-7-8-15)12-3-2-6-16(9-12)19-10-13-4-1-5-14-11-20-22-17(13)14/h1,4-5,11-12,15-16,19H,2-3,6-10H2,(H,20,22)(H,21,23)/t12-,16+/m0/s1. The van der Waals surface area contributed by atoms with Gasteiger partial charge in [0.25, 0.3) is 0 Å². The number of rotatable bonds is 5. The summed E-state index contributed by atoms with van der Waals surface area (Å²) in [5, 5.41) is 15.1. The highest BCUT2D eigenvalue weighted by atomic mass is 16.2. The Morgan fingerprint density at radius 3 is 3.00 bits per heavy atom. The summed E-state index contributed by atoms with van der Waals surface area (Å²) in [6.07, 6.45) is 8.46. The zero-order valence-electron chi connectivity index (χ0n) is 13.3. The van der Waals surface area contributed by atoms with Crippen LogP contribution in [0.5, 0.6) is 0 Å². The molecule has 3 N–H and O–H groups in total. The predicted molar refractivity (Wildman–Crippen MR) is 89.8 cm³/mol. The SMILES string of the molecule is O=C(NC1CC1)[C@H]1CCC[C@@H](NCc2cccc3cn[nH]c23)C1. The highest BCUT2D eigenvalue weighted by molar-refractivity contribution is 5.81. The van der Waals surface area contributed by atoms with E-state index in [1.807, 2.05) is 6.20 Å². The second-order valence-corrected chi connectivity index (χ2v) is 6.98. The summed E-state index contributed by atoms with van der Waals surface area (Å²) in [6.45, 7) is 0.821. The van der Waals surface area contributed by atoms with Gasteiger partial charge in [0.1, 0.15) is 0 Å². The van der Waals surface area contributed by atoms with E-state index in [1.165, 1.54) is 5.56 Å². The summed E-state index contributed by atoms with van der Waals surface area (Å²) in [5.74, 6) is 0.458. The third-order valence-electron chi connectivity index (χ3n) is 5.11. The van der Waals surface area contributed by atoms with E-state index in [0.29, 0.717) is 12.1 Å². The molecule has 2 atom stereocenters. The Morgan fingerprint density at radius 1 is 1.22 bits per heavy atom. The molecular weight excluding hydrogens is 288 g/mol. The molecule has 0 unspecified atom stereocenters.